The van der Waals surface area contributed by atoms with Crippen molar-refractivity contribution in [2.45, 2.75) is 26.3 Å². The fraction of sp³-hybridized carbons (Fsp3) is 0.455. The first-order chi connectivity index (χ1) is 6.94. The van der Waals surface area contributed by atoms with Crippen LogP contribution in [0.25, 0.3) is 0 Å². The molecule has 1 rings (SSSR count). The van der Waals surface area contributed by atoms with E-state index in [1.165, 1.54) is 0 Å². The van der Waals surface area contributed by atoms with Gasteiger partial charge in [-0.1, -0.05) is 0 Å². The standard InChI is InChI=1S/C11H17N3O.2ClH/c1-8-4-9(6-13-5-8)10(15)14-11(2,3)7-12;;/h4-6H,7,12H2,1-3H3,(H,14,15);2*1H. The van der Waals surface area contributed by atoms with E-state index in [1.54, 1.807) is 18.5 Å². The zero-order valence-electron chi connectivity index (χ0n) is 10.2. The third-order valence-corrected chi connectivity index (χ3v) is 2.10. The van der Waals surface area contributed by atoms with Gasteiger partial charge < -0.3 is 11.1 Å². The monoisotopic (exact) mass is 279 g/mol. The number of carbonyl (C=O) groups is 1. The number of aryl methyl sites for hydroxylation is 1. The van der Waals surface area contributed by atoms with Crippen molar-refractivity contribution < 1.29 is 4.79 Å². The molecule has 0 aromatic carbocycles. The van der Waals surface area contributed by atoms with Gasteiger partial charge in [-0.2, -0.15) is 0 Å². The maximum absolute atomic E-state index is 11.8. The van der Waals surface area contributed by atoms with Crippen molar-refractivity contribution in [3.8, 4) is 0 Å². The first kappa shape index (κ1) is 18.5. The minimum absolute atomic E-state index is 0. The number of nitrogens with two attached hydrogens (primary N) is 1. The Bertz CT molecular complexity index is 369. The number of carbonyl (C=O) groups excluding carboxylic acids is 1. The molecule has 1 aromatic heterocycles. The highest BCUT2D eigenvalue weighted by molar-refractivity contribution is 5.94. The lowest BCUT2D eigenvalue weighted by Crippen LogP contribution is -2.48. The molecule has 98 valence electrons. The average molecular weight is 280 g/mol. The third-order valence-electron chi connectivity index (χ3n) is 2.10. The highest BCUT2D eigenvalue weighted by atomic mass is 35.5. The summed E-state index contributed by atoms with van der Waals surface area (Å²) in [5.41, 5.74) is 6.68. The molecule has 0 bridgehead atoms. The minimum Gasteiger partial charge on any atom is -0.346 e. The lowest BCUT2D eigenvalue weighted by Gasteiger charge is -2.24. The van der Waals surface area contributed by atoms with Gasteiger partial charge in [0.1, 0.15) is 0 Å². The quantitative estimate of drug-likeness (QED) is 0.885. The van der Waals surface area contributed by atoms with Crippen LogP contribution in [0.4, 0.5) is 0 Å². The van der Waals surface area contributed by atoms with Gasteiger partial charge >= 0.3 is 0 Å². The number of pyridine rings is 1. The summed E-state index contributed by atoms with van der Waals surface area (Å²) in [5, 5.41) is 2.85. The third kappa shape index (κ3) is 5.86. The maximum Gasteiger partial charge on any atom is 0.253 e. The molecule has 4 nitrogen and oxygen atoms in total. The number of aromatic nitrogens is 1. The molecule has 0 atom stereocenters. The number of rotatable bonds is 3. The van der Waals surface area contributed by atoms with Gasteiger partial charge in [-0.3, -0.25) is 9.78 Å². The smallest absolute Gasteiger partial charge is 0.253 e. The van der Waals surface area contributed by atoms with Crippen molar-refractivity contribution in [2.24, 2.45) is 5.73 Å². The van der Waals surface area contributed by atoms with Crippen LogP contribution in [0.15, 0.2) is 18.5 Å². The summed E-state index contributed by atoms with van der Waals surface area (Å²) in [6.45, 7) is 6.07. The summed E-state index contributed by atoms with van der Waals surface area (Å²) in [4.78, 5) is 15.7. The van der Waals surface area contributed by atoms with Crippen LogP contribution in [0.1, 0.15) is 29.8 Å². The fourth-order valence-electron chi connectivity index (χ4n) is 1.11. The molecule has 0 aliphatic heterocycles. The van der Waals surface area contributed by atoms with Crippen LogP contribution in [0.2, 0.25) is 0 Å². The maximum atomic E-state index is 11.8. The topological polar surface area (TPSA) is 68.0 Å². The Morgan fingerprint density at radius 1 is 1.41 bits per heavy atom. The van der Waals surface area contributed by atoms with Crippen molar-refractivity contribution in [3.05, 3.63) is 29.6 Å². The van der Waals surface area contributed by atoms with E-state index in [0.717, 1.165) is 5.56 Å². The van der Waals surface area contributed by atoms with Crippen LogP contribution >= 0.6 is 24.8 Å². The first-order valence-electron chi connectivity index (χ1n) is 4.89. The molecule has 0 saturated carbocycles. The van der Waals surface area contributed by atoms with Gasteiger partial charge in [-0.15, -0.1) is 24.8 Å². The molecule has 3 N–H and O–H groups in total. The minimum atomic E-state index is -0.388. The molecule has 6 heteroatoms. The van der Waals surface area contributed by atoms with Gasteiger partial charge in [-0.25, -0.2) is 0 Å². The van der Waals surface area contributed by atoms with Crippen LogP contribution in [-0.2, 0) is 0 Å². The molecule has 0 fully saturated rings. The zero-order chi connectivity index (χ0) is 11.5. The van der Waals surface area contributed by atoms with E-state index in [4.69, 9.17) is 5.73 Å². The number of hydrogen-bond donors (Lipinski definition) is 2. The summed E-state index contributed by atoms with van der Waals surface area (Å²) in [6.07, 6.45) is 3.26. The largest absolute Gasteiger partial charge is 0.346 e. The number of nitrogens with zero attached hydrogens (tertiary/aromatic N) is 1. The Balaban J connectivity index is 0. The lowest BCUT2D eigenvalue weighted by atomic mass is 10.1. The Labute approximate surface area is 114 Å². The van der Waals surface area contributed by atoms with E-state index in [-0.39, 0.29) is 36.3 Å². The molecular formula is C11H19Cl2N3O. The molecule has 1 aromatic rings. The van der Waals surface area contributed by atoms with Gasteiger partial charge in [0.15, 0.2) is 0 Å². The normalized spacial score (nSPS) is 9.88. The number of nitrogens with one attached hydrogen (secondary N) is 1. The number of hydrogen-bond acceptors (Lipinski definition) is 3. The number of amides is 1. The lowest BCUT2D eigenvalue weighted by molar-refractivity contribution is 0.0915. The highest BCUT2D eigenvalue weighted by Crippen LogP contribution is 2.05. The van der Waals surface area contributed by atoms with Crippen LogP contribution in [0.5, 0.6) is 0 Å². The predicted octanol–water partition coefficient (Wildman–Crippen LogP) is 1.70. The van der Waals surface area contributed by atoms with E-state index in [2.05, 4.69) is 10.3 Å². The Hall–Kier alpha value is -0.840. The van der Waals surface area contributed by atoms with Crippen molar-refractivity contribution in [3.63, 3.8) is 0 Å². The average Bonchev–Trinajstić information content (AvgIpc) is 2.17. The summed E-state index contributed by atoms with van der Waals surface area (Å²) in [6, 6.07) is 1.80. The molecule has 0 aliphatic rings. The summed E-state index contributed by atoms with van der Waals surface area (Å²) >= 11 is 0. The highest BCUT2D eigenvalue weighted by Gasteiger charge is 2.19. The molecule has 17 heavy (non-hydrogen) atoms. The van der Waals surface area contributed by atoms with Crippen molar-refractivity contribution >= 4 is 30.7 Å². The van der Waals surface area contributed by atoms with Gasteiger partial charge in [0.2, 0.25) is 0 Å². The van der Waals surface area contributed by atoms with Crippen molar-refractivity contribution in [1.82, 2.24) is 10.3 Å². The molecular weight excluding hydrogens is 261 g/mol. The van der Waals surface area contributed by atoms with E-state index < -0.39 is 0 Å². The van der Waals surface area contributed by atoms with Crippen molar-refractivity contribution in [1.29, 1.82) is 0 Å². The van der Waals surface area contributed by atoms with E-state index >= 15 is 0 Å². The fourth-order valence-corrected chi connectivity index (χ4v) is 1.11. The van der Waals surface area contributed by atoms with Gasteiger partial charge in [0, 0.05) is 24.5 Å². The Morgan fingerprint density at radius 2 is 2.00 bits per heavy atom. The Morgan fingerprint density at radius 3 is 2.47 bits per heavy atom. The zero-order valence-corrected chi connectivity index (χ0v) is 11.8. The summed E-state index contributed by atoms with van der Waals surface area (Å²) in [7, 11) is 0. The van der Waals surface area contributed by atoms with Crippen molar-refractivity contribution in [2.75, 3.05) is 6.54 Å². The van der Waals surface area contributed by atoms with Crippen LogP contribution < -0.4 is 11.1 Å². The van der Waals surface area contributed by atoms with Crippen LogP contribution in [0, 0.1) is 6.92 Å². The Kier molecular flexibility index (Phi) is 8.15. The SMILES string of the molecule is Cc1cncc(C(=O)NC(C)(C)CN)c1.Cl.Cl. The molecule has 0 unspecified atom stereocenters. The van der Waals surface area contributed by atoms with E-state index in [0.29, 0.717) is 12.1 Å². The molecule has 1 amide bonds. The van der Waals surface area contributed by atoms with E-state index in [1.807, 2.05) is 20.8 Å². The second kappa shape index (κ2) is 7.48. The summed E-state index contributed by atoms with van der Waals surface area (Å²) in [5.74, 6) is -0.137. The van der Waals surface area contributed by atoms with Gasteiger partial charge in [-0.05, 0) is 32.4 Å². The predicted molar refractivity (Wildman–Crippen MR) is 74.1 cm³/mol. The van der Waals surface area contributed by atoms with Crippen LogP contribution in [0.3, 0.4) is 0 Å². The first-order valence-corrected chi connectivity index (χ1v) is 4.89. The van der Waals surface area contributed by atoms with Gasteiger partial charge in [0.25, 0.3) is 5.91 Å². The van der Waals surface area contributed by atoms with E-state index in [9.17, 15) is 4.79 Å². The molecule has 0 spiro atoms. The second-order valence-corrected chi connectivity index (χ2v) is 4.29. The second-order valence-electron chi connectivity index (χ2n) is 4.29. The number of halogens is 2. The molecule has 0 saturated heterocycles. The summed E-state index contributed by atoms with van der Waals surface area (Å²) < 4.78 is 0. The molecule has 0 radical (unpaired) electrons. The molecule has 1 heterocycles. The molecule has 0 aliphatic carbocycles. The van der Waals surface area contributed by atoms with Gasteiger partial charge in [0.05, 0.1) is 5.56 Å². The van der Waals surface area contributed by atoms with Crippen LogP contribution in [-0.4, -0.2) is 23.0 Å².